The first-order chi connectivity index (χ1) is 15.5. The van der Waals surface area contributed by atoms with Crippen LogP contribution in [-0.4, -0.2) is 48.6 Å². The Kier molecular flexibility index (Phi) is 5.22. The third kappa shape index (κ3) is 3.77. The van der Waals surface area contributed by atoms with E-state index < -0.39 is 5.82 Å². The van der Waals surface area contributed by atoms with Gasteiger partial charge < -0.3 is 9.32 Å². The van der Waals surface area contributed by atoms with Gasteiger partial charge in [0.15, 0.2) is 5.65 Å². The van der Waals surface area contributed by atoms with E-state index >= 15 is 0 Å². The molecule has 0 saturated carbocycles. The number of H-pyrrole nitrogens is 1. The molecule has 0 bridgehead atoms. The van der Waals surface area contributed by atoms with Crippen LogP contribution in [0.3, 0.4) is 0 Å². The third-order valence-electron chi connectivity index (χ3n) is 5.60. The van der Waals surface area contributed by atoms with Crippen molar-refractivity contribution in [1.29, 1.82) is 0 Å². The summed E-state index contributed by atoms with van der Waals surface area (Å²) in [6, 6.07) is 7.65. The SMILES string of the molecule is O=C(Cc1nnc(-c2cc(Cl)ccc2F)o1)N1CCC(n2c(=O)[nH]c3ncccc32)CC1. The van der Waals surface area contributed by atoms with Gasteiger partial charge in [0.25, 0.3) is 5.89 Å². The Hall–Kier alpha value is -3.53. The summed E-state index contributed by atoms with van der Waals surface area (Å²) < 4.78 is 21.2. The Balaban J connectivity index is 1.25. The average Bonchev–Trinajstić information content (AvgIpc) is 3.39. The molecule has 1 aromatic carbocycles. The van der Waals surface area contributed by atoms with Crippen LogP contribution in [0.1, 0.15) is 24.8 Å². The molecule has 1 N–H and O–H groups in total. The largest absolute Gasteiger partial charge is 0.420 e. The maximum Gasteiger partial charge on any atom is 0.327 e. The zero-order chi connectivity index (χ0) is 22.2. The van der Waals surface area contributed by atoms with Crippen molar-refractivity contribution in [3.63, 3.8) is 0 Å². The van der Waals surface area contributed by atoms with Gasteiger partial charge in [0.2, 0.25) is 11.8 Å². The van der Waals surface area contributed by atoms with Crippen molar-refractivity contribution < 1.29 is 13.6 Å². The standard InChI is InChI=1S/C21H18ClFN6O3/c22-12-3-4-15(23)14(10-12)20-27-26-17(32-20)11-18(30)28-8-5-13(6-9-28)29-16-2-1-7-24-19(16)25-21(29)31/h1-4,7,10,13H,5-6,8-9,11H2,(H,24,25,31). The van der Waals surface area contributed by atoms with E-state index in [-0.39, 0.29) is 41.4 Å². The molecule has 0 atom stereocenters. The molecule has 4 aromatic rings. The maximum atomic E-state index is 14.0. The first kappa shape index (κ1) is 20.4. The van der Waals surface area contributed by atoms with E-state index in [9.17, 15) is 14.0 Å². The van der Waals surface area contributed by atoms with Crippen LogP contribution in [0.5, 0.6) is 0 Å². The van der Waals surface area contributed by atoms with Crippen molar-refractivity contribution >= 4 is 28.7 Å². The van der Waals surface area contributed by atoms with Gasteiger partial charge in [0, 0.05) is 30.4 Å². The zero-order valence-corrected chi connectivity index (χ0v) is 17.5. The van der Waals surface area contributed by atoms with E-state index in [1.54, 1.807) is 21.7 Å². The molecule has 0 aliphatic carbocycles. The topological polar surface area (TPSA) is 110 Å². The van der Waals surface area contributed by atoms with Crippen molar-refractivity contribution in [1.82, 2.24) is 29.6 Å². The van der Waals surface area contributed by atoms with Gasteiger partial charge in [-0.15, -0.1) is 10.2 Å². The van der Waals surface area contributed by atoms with Gasteiger partial charge >= 0.3 is 5.69 Å². The molecular formula is C21H18ClFN6O3. The van der Waals surface area contributed by atoms with Gasteiger partial charge in [-0.3, -0.25) is 14.3 Å². The van der Waals surface area contributed by atoms with E-state index in [0.717, 1.165) is 5.52 Å². The minimum atomic E-state index is -0.541. The van der Waals surface area contributed by atoms with E-state index in [1.807, 2.05) is 6.07 Å². The number of rotatable bonds is 4. The van der Waals surface area contributed by atoms with E-state index in [1.165, 1.54) is 18.2 Å². The molecule has 1 aliphatic heterocycles. The second-order valence-corrected chi connectivity index (χ2v) is 8.02. The Morgan fingerprint density at radius 3 is 2.88 bits per heavy atom. The number of nitrogens with zero attached hydrogens (tertiary/aromatic N) is 5. The summed E-state index contributed by atoms with van der Waals surface area (Å²) in [7, 11) is 0. The number of aromatic amines is 1. The van der Waals surface area contributed by atoms with Crippen LogP contribution in [0, 0.1) is 5.82 Å². The summed E-state index contributed by atoms with van der Waals surface area (Å²) in [4.78, 5) is 33.8. The quantitative estimate of drug-likeness (QED) is 0.505. The fourth-order valence-electron chi connectivity index (χ4n) is 4.03. The van der Waals surface area contributed by atoms with Crippen molar-refractivity contribution in [2.75, 3.05) is 13.1 Å². The molecule has 1 amide bonds. The van der Waals surface area contributed by atoms with Crippen LogP contribution in [0.25, 0.3) is 22.6 Å². The lowest BCUT2D eigenvalue weighted by molar-refractivity contribution is -0.132. The Bertz CT molecular complexity index is 1360. The van der Waals surface area contributed by atoms with Crippen molar-refractivity contribution in [2.24, 2.45) is 0 Å². The molecule has 0 unspecified atom stereocenters. The Labute approximate surface area is 185 Å². The fraction of sp³-hybridized carbons (Fsp3) is 0.286. The number of fused-ring (bicyclic) bond motifs is 1. The third-order valence-corrected chi connectivity index (χ3v) is 5.84. The normalized spacial score (nSPS) is 14.9. The summed E-state index contributed by atoms with van der Waals surface area (Å²) in [5.41, 5.74) is 1.20. The molecule has 1 aliphatic rings. The molecule has 0 spiro atoms. The molecule has 4 heterocycles. The number of aromatic nitrogens is 5. The molecule has 1 fully saturated rings. The summed E-state index contributed by atoms with van der Waals surface area (Å²) in [5, 5.41) is 8.04. The Morgan fingerprint density at radius 2 is 2.06 bits per heavy atom. The second-order valence-electron chi connectivity index (χ2n) is 7.59. The van der Waals surface area contributed by atoms with Gasteiger partial charge in [0.05, 0.1) is 11.1 Å². The second kappa shape index (κ2) is 8.19. The van der Waals surface area contributed by atoms with Gasteiger partial charge in [-0.25, -0.2) is 14.2 Å². The minimum Gasteiger partial charge on any atom is -0.420 e. The fourth-order valence-corrected chi connectivity index (χ4v) is 4.20. The number of pyridine rings is 1. The number of hydrogen-bond donors (Lipinski definition) is 1. The number of piperidine rings is 1. The minimum absolute atomic E-state index is 0.0229. The number of imidazole rings is 1. The van der Waals surface area contributed by atoms with E-state index in [4.69, 9.17) is 16.0 Å². The summed E-state index contributed by atoms with van der Waals surface area (Å²) in [6.45, 7) is 0.986. The molecule has 9 nitrogen and oxygen atoms in total. The van der Waals surface area contributed by atoms with Gasteiger partial charge in [-0.1, -0.05) is 11.6 Å². The first-order valence-electron chi connectivity index (χ1n) is 10.1. The number of amides is 1. The lowest BCUT2D eigenvalue weighted by Gasteiger charge is -2.32. The smallest absolute Gasteiger partial charge is 0.327 e. The van der Waals surface area contributed by atoms with Crippen LogP contribution < -0.4 is 5.69 Å². The number of hydrogen-bond acceptors (Lipinski definition) is 6. The van der Waals surface area contributed by atoms with Crippen LogP contribution in [0.15, 0.2) is 45.7 Å². The lowest BCUT2D eigenvalue weighted by atomic mass is 10.0. The molecule has 0 radical (unpaired) electrons. The zero-order valence-electron chi connectivity index (χ0n) is 16.8. The van der Waals surface area contributed by atoms with Crippen molar-refractivity contribution in [3.05, 3.63) is 63.7 Å². The first-order valence-corrected chi connectivity index (χ1v) is 10.5. The van der Waals surface area contributed by atoms with Crippen molar-refractivity contribution in [2.45, 2.75) is 25.3 Å². The molecule has 1 saturated heterocycles. The average molecular weight is 457 g/mol. The molecule has 164 valence electrons. The number of carbonyl (C=O) groups excluding carboxylic acids is 1. The molecule has 5 rings (SSSR count). The van der Waals surface area contributed by atoms with Crippen LogP contribution in [0.2, 0.25) is 5.02 Å². The van der Waals surface area contributed by atoms with Gasteiger partial charge in [-0.2, -0.15) is 0 Å². The summed E-state index contributed by atoms with van der Waals surface area (Å²) in [5.74, 6) is -0.636. The number of benzene rings is 1. The summed E-state index contributed by atoms with van der Waals surface area (Å²) >= 11 is 5.91. The van der Waals surface area contributed by atoms with E-state index in [0.29, 0.717) is 36.6 Å². The number of nitrogens with one attached hydrogen (secondary N) is 1. The Morgan fingerprint density at radius 1 is 1.25 bits per heavy atom. The number of likely N-dealkylation sites (tertiary alicyclic amines) is 1. The molecule has 32 heavy (non-hydrogen) atoms. The highest BCUT2D eigenvalue weighted by atomic mass is 35.5. The predicted octanol–water partition coefficient (Wildman–Crippen LogP) is 2.97. The van der Waals surface area contributed by atoms with Crippen molar-refractivity contribution in [3.8, 4) is 11.5 Å². The van der Waals surface area contributed by atoms with Gasteiger partial charge in [0.1, 0.15) is 12.2 Å². The van der Waals surface area contributed by atoms with Crippen LogP contribution in [0.4, 0.5) is 4.39 Å². The highest BCUT2D eigenvalue weighted by Gasteiger charge is 2.27. The molecule has 3 aromatic heterocycles. The van der Waals surface area contributed by atoms with Crippen LogP contribution >= 0.6 is 11.6 Å². The summed E-state index contributed by atoms with van der Waals surface area (Å²) in [6.07, 6.45) is 2.82. The van der Waals surface area contributed by atoms with E-state index in [2.05, 4.69) is 20.2 Å². The molecular weight excluding hydrogens is 439 g/mol. The van der Waals surface area contributed by atoms with Crippen LogP contribution in [-0.2, 0) is 11.2 Å². The highest BCUT2D eigenvalue weighted by Crippen LogP contribution is 2.26. The highest BCUT2D eigenvalue weighted by molar-refractivity contribution is 6.30. The lowest BCUT2D eigenvalue weighted by Crippen LogP contribution is -2.41. The predicted molar refractivity (Wildman–Crippen MR) is 114 cm³/mol. The monoisotopic (exact) mass is 456 g/mol. The number of halogens is 2. The molecule has 11 heteroatoms. The maximum absolute atomic E-state index is 14.0. The number of carbonyl (C=O) groups is 1. The van der Waals surface area contributed by atoms with Gasteiger partial charge in [-0.05, 0) is 43.2 Å².